The highest BCUT2D eigenvalue weighted by Gasteiger charge is 1.96. The number of nitrogens with one attached hydrogen (secondary N) is 1. The van der Waals surface area contributed by atoms with Crippen LogP contribution in [0.15, 0.2) is 29.3 Å². The SMILES string of the molecule is Cc1cccc(NC(N)=NCCOCC(C)C)c1. The first-order valence-corrected chi connectivity index (χ1v) is 6.29. The van der Waals surface area contributed by atoms with Crippen molar-refractivity contribution in [3.63, 3.8) is 0 Å². The molecular weight excluding hydrogens is 226 g/mol. The zero-order valence-corrected chi connectivity index (χ0v) is 11.4. The Bertz CT molecular complexity index is 388. The van der Waals surface area contributed by atoms with Gasteiger partial charge >= 0.3 is 0 Å². The van der Waals surface area contributed by atoms with E-state index >= 15 is 0 Å². The molecule has 1 aromatic rings. The van der Waals surface area contributed by atoms with Crippen LogP contribution in [0.25, 0.3) is 0 Å². The number of guanidine groups is 1. The Morgan fingerprint density at radius 2 is 2.22 bits per heavy atom. The molecule has 1 aromatic carbocycles. The normalized spacial score (nSPS) is 11.9. The van der Waals surface area contributed by atoms with Gasteiger partial charge in [-0.25, -0.2) is 0 Å². The van der Waals surface area contributed by atoms with Crippen molar-refractivity contribution in [2.24, 2.45) is 16.6 Å². The van der Waals surface area contributed by atoms with Crippen LogP contribution in [0.5, 0.6) is 0 Å². The van der Waals surface area contributed by atoms with E-state index in [0.29, 0.717) is 25.0 Å². The summed E-state index contributed by atoms with van der Waals surface area (Å²) in [5, 5.41) is 3.05. The van der Waals surface area contributed by atoms with Crippen LogP contribution < -0.4 is 11.1 Å². The first kappa shape index (κ1) is 14.5. The molecule has 0 atom stereocenters. The van der Waals surface area contributed by atoms with E-state index in [1.807, 2.05) is 31.2 Å². The van der Waals surface area contributed by atoms with Crippen LogP contribution in [-0.4, -0.2) is 25.7 Å². The van der Waals surface area contributed by atoms with Gasteiger partial charge in [0.25, 0.3) is 0 Å². The maximum atomic E-state index is 5.78. The molecule has 0 amide bonds. The van der Waals surface area contributed by atoms with Crippen LogP contribution in [0, 0.1) is 12.8 Å². The van der Waals surface area contributed by atoms with Gasteiger partial charge in [-0.3, -0.25) is 4.99 Å². The number of benzene rings is 1. The van der Waals surface area contributed by atoms with Crippen molar-refractivity contribution in [1.82, 2.24) is 0 Å². The average Bonchev–Trinajstić information content (AvgIpc) is 2.28. The number of hydrogen-bond donors (Lipinski definition) is 2. The Balaban J connectivity index is 2.29. The minimum atomic E-state index is 0.425. The van der Waals surface area contributed by atoms with Gasteiger partial charge < -0.3 is 15.8 Å². The van der Waals surface area contributed by atoms with E-state index in [0.717, 1.165) is 12.3 Å². The minimum Gasteiger partial charge on any atom is -0.379 e. The number of nitrogens with two attached hydrogens (primary N) is 1. The molecule has 0 heterocycles. The predicted octanol–water partition coefficient (Wildman–Crippen LogP) is 2.39. The quantitative estimate of drug-likeness (QED) is 0.462. The molecule has 0 aromatic heterocycles. The zero-order chi connectivity index (χ0) is 13.4. The number of aryl methyl sites for hydroxylation is 1. The van der Waals surface area contributed by atoms with Crippen LogP contribution >= 0.6 is 0 Å². The van der Waals surface area contributed by atoms with Crippen molar-refractivity contribution < 1.29 is 4.74 Å². The Labute approximate surface area is 109 Å². The zero-order valence-electron chi connectivity index (χ0n) is 11.4. The highest BCUT2D eigenvalue weighted by molar-refractivity contribution is 5.92. The second kappa shape index (κ2) is 7.71. The summed E-state index contributed by atoms with van der Waals surface area (Å²) < 4.78 is 5.42. The Hall–Kier alpha value is -1.55. The fourth-order valence-electron chi connectivity index (χ4n) is 1.46. The summed E-state index contributed by atoms with van der Waals surface area (Å²) in [5.74, 6) is 0.977. The van der Waals surface area contributed by atoms with Crippen molar-refractivity contribution in [3.05, 3.63) is 29.8 Å². The fraction of sp³-hybridized carbons (Fsp3) is 0.500. The second-order valence-corrected chi connectivity index (χ2v) is 4.73. The first-order valence-electron chi connectivity index (χ1n) is 6.29. The maximum Gasteiger partial charge on any atom is 0.193 e. The van der Waals surface area contributed by atoms with E-state index < -0.39 is 0 Å². The van der Waals surface area contributed by atoms with Gasteiger partial charge in [0.2, 0.25) is 0 Å². The van der Waals surface area contributed by atoms with E-state index in [2.05, 4.69) is 24.2 Å². The fourth-order valence-corrected chi connectivity index (χ4v) is 1.46. The van der Waals surface area contributed by atoms with E-state index in [4.69, 9.17) is 10.5 Å². The van der Waals surface area contributed by atoms with Crippen LogP contribution in [0.3, 0.4) is 0 Å². The van der Waals surface area contributed by atoms with Gasteiger partial charge in [-0.15, -0.1) is 0 Å². The molecule has 18 heavy (non-hydrogen) atoms. The van der Waals surface area contributed by atoms with Crippen molar-refractivity contribution in [2.45, 2.75) is 20.8 Å². The van der Waals surface area contributed by atoms with Crippen molar-refractivity contribution >= 4 is 11.6 Å². The molecule has 0 aliphatic carbocycles. The summed E-state index contributed by atoms with van der Waals surface area (Å²) in [6.07, 6.45) is 0. The largest absolute Gasteiger partial charge is 0.379 e. The molecule has 1 rings (SSSR count). The van der Waals surface area contributed by atoms with Crippen LogP contribution in [0.1, 0.15) is 19.4 Å². The van der Waals surface area contributed by atoms with Crippen LogP contribution in [-0.2, 0) is 4.74 Å². The van der Waals surface area contributed by atoms with Gasteiger partial charge in [0.05, 0.1) is 13.2 Å². The monoisotopic (exact) mass is 249 g/mol. The van der Waals surface area contributed by atoms with E-state index in [-0.39, 0.29) is 0 Å². The lowest BCUT2D eigenvalue weighted by molar-refractivity contribution is 0.117. The van der Waals surface area contributed by atoms with Gasteiger partial charge in [0.1, 0.15) is 0 Å². The number of aliphatic imine (C=N–C) groups is 1. The average molecular weight is 249 g/mol. The van der Waals surface area contributed by atoms with Crippen LogP contribution in [0.4, 0.5) is 5.69 Å². The lowest BCUT2D eigenvalue weighted by atomic mass is 10.2. The van der Waals surface area contributed by atoms with Gasteiger partial charge in [0.15, 0.2) is 5.96 Å². The number of ether oxygens (including phenoxy) is 1. The topological polar surface area (TPSA) is 59.6 Å². The molecule has 3 N–H and O–H groups in total. The number of nitrogens with zero attached hydrogens (tertiary/aromatic N) is 1. The van der Waals surface area contributed by atoms with Gasteiger partial charge in [0, 0.05) is 12.3 Å². The summed E-state index contributed by atoms with van der Waals surface area (Å²) in [7, 11) is 0. The standard InChI is InChI=1S/C14H23N3O/c1-11(2)10-18-8-7-16-14(15)17-13-6-4-5-12(3)9-13/h4-6,9,11H,7-8,10H2,1-3H3,(H3,15,16,17). The highest BCUT2D eigenvalue weighted by Crippen LogP contribution is 2.08. The number of hydrogen-bond acceptors (Lipinski definition) is 2. The van der Waals surface area contributed by atoms with Crippen molar-refractivity contribution in [1.29, 1.82) is 0 Å². The van der Waals surface area contributed by atoms with Crippen molar-refractivity contribution in [3.8, 4) is 0 Å². The Morgan fingerprint density at radius 3 is 2.89 bits per heavy atom. The maximum absolute atomic E-state index is 5.78. The molecule has 0 fully saturated rings. The highest BCUT2D eigenvalue weighted by atomic mass is 16.5. The molecule has 0 aliphatic heterocycles. The molecule has 0 radical (unpaired) electrons. The Morgan fingerprint density at radius 1 is 1.44 bits per heavy atom. The summed E-state index contributed by atoms with van der Waals surface area (Å²) in [4.78, 5) is 4.20. The first-order chi connectivity index (χ1) is 8.58. The smallest absolute Gasteiger partial charge is 0.193 e. The lowest BCUT2D eigenvalue weighted by Gasteiger charge is -2.07. The number of rotatable bonds is 6. The van der Waals surface area contributed by atoms with Crippen molar-refractivity contribution in [2.75, 3.05) is 25.1 Å². The minimum absolute atomic E-state index is 0.425. The third kappa shape index (κ3) is 6.25. The molecule has 0 aliphatic rings. The molecule has 0 spiro atoms. The predicted molar refractivity (Wildman–Crippen MR) is 76.9 cm³/mol. The summed E-state index contributed by atoms with van der Waals surface area (Å²) in [6.45, 7) is 8.23. The van der Waals surface area contributed by atoms with Gasteiger partial charge in [-0.1, -0.05) is 26.0 Å². The van der Waals surface area contributed by atoms with E-state index in [1.54, 1.807) is 0 Å². The molecule has 0 saturated carbocycles. The molecule has 4 heteroatoms. The molecule has 0 bridgehead atoms. The molecule has 0 saturated heterocycles. The molecule has 0 unspecified atom stereocenters. The third-order valence-corrected chi connectivity index (χ3v) is 2.26. The summed E-state index contributed by atoms with van der Waals surface area (Å²) >= 11 is 0. The van der Waals surface area contributed by atoms with Gasteiger partial charge in [-0.05, 0) is 30.5 Å². The van der Waals surface area contributed by atoms with E-state index in [9.17, 15) is 0 Å². The molecule has 4 nitrogen and oxygen atoms in total. The second-order valence-electron chi connectivity index (χ2n) is 4.73. The van der Waals surface area contributed by atoms with Gasteiger partial charge in [-0.2, -0.15) is 0 Å². The Kier molecular flexibility index (Phi) is 6.22. The van der Waals surface area contributed by atoms with Crippen LogP contribution in [0.2, 0.25) is 0 Å². The third-order valence-electron chi connectivity index (χ3n) is 2.26. The molecular formula is C14H23N3O. The van der Waals surface area contributed by atoms with E-state index in [1.165, 1.54) is 5.56 Å². The number of anilines is 1. The summed E-state index contributed by atoms with van der Waals surface area (Å²) in [6, 6.07) is 8.01. The molecule has 100 valence electrons. The lowest BCUT2D eigenvalue weighted by Crippen LogP contribution is -2.23. The summed E-state index contributed by atoms with van der Waals surface area (Å²) in [5.41, 5.74) is 7.93.